The fraction of sp³-hybridized carbons (Fsp3) is 0.409. The van der Waals surface area contributed by atoms with Gasteiger partial charge in [-0.2, -0.15) is 0 Å². The van der Waals surface area contributed by atoms with Gasteiger partial charge in [0.2, 0.25) is 5.91 Å². The number of hydrogen-bond acceptors (Lipinski definition) is 3. The van der Waals surface area contributed by atoms with Gasteiger partial charge in [0.15, 0.2) is 0 Å². The van der Waals surface area contributed by atoms with Crippen molar-refractivity contribution in [1.29, 1.82) is 0 Å². The lowest BCUT2D eigenvalue weighted by molar-refractivity contribution is -0.127. The Labute approximate surface area is 156 Å². The number of nitrogens with zero attached hydrogens (tertiary/aromatic N) is 2. The summed E-state index contributed by atoms with van der Waals surface area (Å²) in [4.78, 5) is 17.4. The number of carbonyl (C=O) groups excluding carboxylic acids is 1. The van der Waals surface area contributed by atoms with Crippen LogP contribution in [0.25, 0.3) is 0 Å². The second-order valence-electron chi connectivity index (χ2n) is 7.11. The molecule has 0 aromatic heterocycles. The van der Waals surface area contributed by atoms with E-state index in [2.05, 4.69) is 57.6 Å². The highest BCUT2D eigenvalue weighted by Crippen LogP contribution is 2.14. The molecule has 1 N–H and O–H groups in total. The number of hydrogen-bond donors (Lipinski definition) is 1. The topological polar surface area (TPSA) is 35.6 Å². The Morgan fingerprint density at radius 3 is 2.12 bits per heavy atom. The van der Waals surface area contributed by atoms with E-state index in [9.17, 15) is 4.79 Å². The summed E-state index contributed by atoms with van der Waals surface area (Å²) in [7, 11) is 0. The number of nitrogens with one attached hydrogen (secondary N) is 1. The quantitative estimate of drug-likeness (QED) is 0.869. The molecule has 2 atom stereocenters. The minimum Gasteiger partial charge on any atom is -0.348 e. The van der Waals surface area contributed by atoms with Crippen molar-refractivity contribution in [3.05, 3.63) is 71.8 Å². The van der Waals surface area contributed by atoms with Gasteiger partial charge in [-0.1, -0.05) is 60.7 Å². The lowest BCUT2D eigenvalue weighted by Crippen LogP contribution is -2.53. The highest BCUT2D eigenvalue weighted by Gasteiger charge is 2.26. The highest BCUT2D eigenvalue weighted by molar-refractivity contribution is 5.81. The number of amides is 1. The third kappa shape index (κ3) is 4.93. The Bertz CT molecular complexity index is 681. The fourth-order valence-electron chi connectivity index (χ4n) is 3.48. The summed E-state index contributed by atoms with van der Waals surface area (Å²) in [6.07, 6.45) is 0. The van der Waals surface area contributed by atoms with E-state index in [4.69, 9.17) is 0 Å². The SMILES string of the molecule is C[C@H](C(=O)N[C@H](C)c1ccccc1)N1CCN(Cc2ccccc2)CC1. The third-order valence-electron chi connectivity index (χ3n) is 5.24. The van der Waals surface area contributed by atoms with Crippen molar-refractivity contribution < 1.29 is 4.79 Å². The molecule has 2 aromatic rings. The second kappa shape index (κ2) is 8.97. The van der Waals surface area contributed by atoms with E-state index in [1.165, 1.54) is 5.56 Å². The van der Waals surface area contributed by atoms with Crippen LogP contribution in [0.5, 0.6) is 0 Å². The normalized spacial score (nSPS) is 18.2. The van der Waals surface area contributed by atoms with Gasteiger partial charge in [-0.05, 0) is 25.0 Å². The number of carbonyl (C=O) groups is 1. The molecule has 1 heterocycles. The fourth-order valence-corrected chi connectivity index (χ4v) is 3.48. The third-order valence-corrected chi connectivity index (χ3v) is 5.24. The van der Waals surface area contributed by atoms with E-state index in [0.29, 0.717) is 0 Å². The minimum absolute atomic E-state index is 0.0329. The van der Waals surface area contributed by atoms with E-state index in [1.807, 2.05) is 32.0 Å². The van der Waals surface area contributed by atoms with E-state index < -0.39 is 0 Å². The summed E-state index contributed by atoms with van der Waals surface area (Å²) in [5.74, 6) is 0.109. The molecule has 26 heavy (non-hydrogen) atoms. The molecule has 0 unspecified atom stereocenters. The molecule has 1 amide bonds. The van der Waals surface area contributed by atoms with Crippen LogP contribution in [0.3, 0.4) is 0 Å². The zero-order valence-electron chi connectivity index (χ0n) is 15.8. The van der Waals surface area contributed by atoms with Gasteiger partial charge in [0.1, 0.15) is 0 Å². The standard InChI is InChI=1S/C22H29N3O/c1-18(21-11-7-4-8-12-21)23-22(26)19(2)25-15-13-24(14-16-25)17-20-9-5-3-6-10-20/h3-12,18-19H,13-17H2,1-2H3,(H,23,26)/t18-,19-/m1/s1. The largest absolute Gasteiger partial charge is 0.348 e. The van der Waals surface area contributed by atoms with Crippen LogP contribution < -0.4 is 5.32 Å². The molecular weight excluding hydrogens is 322 g/mol. The first-order chi connectivity index (χ1) is 12.6. The van der Waals surface area contributed by atoms with Crippen molar-refractivity contribution in [3.63, 3.8) is 0 Å². The molecule has 0 spiro atoms. The van der Waals surface area contributed by atoms with Crippen molar-refractivity contribution in [2.45, 2.75) is 32.5 Å². The zero-order valence-corrected chi connectivity index (χ0v) is 15.8. The van der Waals surface area contributed by atoms with Gasteiger partial charge in [-0.15, -0.1) is 0 Å². The molecule has 1 aliphatic heterocycles. The smallest absolute Gasteiger partial charge is 0.237 e. The summed E-state index contributed by atoms with van der Waals surface area (Å²) >= 11 is 0. The van der Waals surface area contributed by atoms with Crippen LogP contribution in [-0.4, -0.2) is 47.9 Å². The lowest BCUT2D eigenvalue weighted by atomic mass is 10.1. The van der Waals surface area contributed by atoms with Crippen LogP contribution in [0, 0.1) is 0 Å². The summed E-state index contributed by atoms with van der Waals surface area (Å²) in [5.41, 5.74) is 2.49. The minimum atomic E-state index is -0.0972. The molecule has 0 radical (unpaired) electrons. The van der Waals surface area contributed by atoms with Crippen LogP contribution in [-0.2, 0) is 11.3 Å². The molecule has 2 aromatic carbocycles. The van der Waals surface area contributed by atoms with Gasteiger partial charge in [0.05, 0.1) is 12.1 Å². The Hall–Kier alpha value is -2.17. The van der Waals surface area contributed by atoms with Crippen LogP contribution in [0.2, 0.25) is 0 Å². The van der Waals surface area contributed by atoms with Crippen LogP contribution in [0.15, 0.2) is 60.7 Å². The van der Waals surface area contributed by atoms with E-state index in [1.54, 1.807) is 0 Å². The predicted octanol–water partition coefficient (Wildman–Crippen LogP) is 3.07. The van der Waals surface area contributed by atoms with Gasteiger partial charge in [0, 0.05) is 32.7 Å². The van der Waals surface area contributed by atoms with Gasteiger partial charge in [-0.25, -0.2) is 0 Å². The Kier molecular flexibility index (Phi) is 6.42. The molecule has 1 fully saturated rings. The Balaban J connectivity index is 1.47. The van der Waals surface area contributed by atoms with E-state index in [-0.39, 0.29) is 18.0 Å². The molecule has 4 nitrogen and oxygen atoms in total. The van der Waals surface area contributed by atoms with Crippen molar-refractivity contribution in [3.8, 4) is 0 Å². The number of rotatable bonds is 6. The first-order valence-electron chi connectivity index (χ1n) is 9.49. The summed E-state index contributed by atoms with van der Waals surface area (Å²) in [6.45, 7) is 8.90. The Morgan fingerprint density at radius 1 is 0.923 bits per heavy atom. The lowest BCUT2D eigenvalue weighted by Gasteiger charge is -2.37. The number of piperazine rings is 1. The van der Waals surface area contributed by atoms with E-state index >= 15 is 0 Å². The first-order valence-corrected chi connectivity index (χ1v) is 9.49. The monoisotopic (exact) mass is 351 g/mol. The maximum atomic E-state index is 12.6. The molecule has 0 saturated carbocycles. The molecule has 0 bridgehead atoms. The molecular formula is C22H29N3O. The zero-order chi connectivity index (χ0) is 18.4. The van der Waals surface area contributed by atoms with Gasteiger partial charge in [-0.3, -0.25) is 14.6 Å². The maximum Gasteiger partial charge on any atom is 0.237 e. The van der Waals surface area contributed by atoms with Crippen molar-refractivity contribution in [2.24, 2.45) is 0 Å². The molecule has 1 saturated heterocycles. The summed E-state index contributed by atoms with van der Waals surface area (Å²) in [6, 6.07) is 20.6. The van der Waals surface area contributed by atoms with Crippen LogP contribution in [0.4, 0.5) is 0 Å². The molecule has 4 heteroatoms. The Morgan fingerprint density at radius 2 is 1.50 bits per heavy atom. The predicted molar refractivity (Wildman–Crippen MR) is 106 cm³/mol. The highest BCUT2D eigenvalue weighted by atomic mass is 16.2. The second-order valence-corrected chi connectivity index (χ2v) is 7.11. The van der Waals surface area contributed by atoms with Crippen molar-refractivity contribution >= 4 is 5.91 Å². The number of benzene rings is 2. The summed E-state index contributed by atoms with van der Waals surface area (Å²) in [5, 5.41) is 3.15. The molecule has 138 valence electrons. The maximum absolute atomic E-state index is 12.6. The van der Waals surface area contributed by atoms with Crippen LogP contribution >= 0.6 is 0 Å². The van der Waals surface area contributed by atoms with Gasteiger partial charge >= 0.3 is 0 Å². The van der Waals surface area contributed by atoms with Gasteiger partial charge < -0.3 is 5.32 Å². The van der Waals surface area contributed by atoms with Crippen LogP contribution in [0.1, 0.15) is 31.0 Å². The van der Waals surface area contributed by atoms with Crippen molar-refractivity contribution in [1.82, 2.24) is 15.1 Å². The van der Waals surface area contributed by atoms with Crippen molar-refractivity contribution in [2.75, 3.05) is 26.2 Å². The first kappa shape index (κ1) is 18.6. The average Bonchev–Trinajstić information content (AvgIpc) is 2.69. The molecule has 0 aliphatic carbocycles. The van der Waals surface area contributed by atoms with Gasteiger partial charge in [0.25, 0.3) is 0 Å². The average molecular weight is 351 g/mol. The van der Waals surface area contributed by atoms with E-state index in [0.717, 1.165) is 38.3 Å². The molecule has 3 rings (SSSR count). The molecule has 1 aliphatic rings. The summed E-state index contributed by atoms with van der Waals surface area (Å²) < 4.78 is 0.